The van der Waals surface area contributed by atoms with Crippen molar-refractivity contribution in [3.63, 3.8) is 0 Å². The molecule has 0 aromatic carbocycles. The monoisotopic (exact) mass is 295 g/mol. The van der Waals surface area contributed by atoms with Crippen LogP contribution in [-0.4, -0.2) is 41.1 Å². The van der Waals surface area contributed by atoms with E-state index in [0.29, 0.717) is 0 Å². The Kier molecular flexibility index (Phi) is 3.07. The number of hydrogen-bond donors (Lipinski definition) is 1. The molecular formula is C7H7ClFN5O3S. The van der Waals surface area contributed by atoms with Crippen LogP contribution >= 0.6 is 11.6 Å². The number of anilines is 2. The Morgan fingerprint density at radius 2 is 2.06 bits per heavy atom. The Morgan fingerprint density at radius 1 is 1.39 bits per heavy atom. The third-order valence-corrected chi connectivity index (χ3v) is 3.62. The molecule has 1 saturated heterocycles. The van der Waals surface area contributed by atoms with E-state index in [1.807, 2.05) is 0 Å². The van der Waals surface area contributed by atoms with Crippen molar-refractivity contribution >= 4 is 39.6 Å². The molecule has 0 spiro atoms. The van der Waals surface area contributed by atoms with E-state index in [2.05, 4.69) is 15.0 Å². The van der Waals surface area contributed by atoms with Crippen LogP contribution in [0.4, 0.5) is 15.8 Å². The number of carbonyl (C=O) groups is 1. The third-order valence-electron chi connectivity index (χ3n) is 2.34. The van der Waals surface area contributed by atoms with Gasteiger partial charge in [0, 0.05) is 13.0 Å². The molecule has 1 fully saturated rings. The zero-order valence-corrected chi connectivity index (χ0v) is 10.3. The minimum Gasteiger partial charge on any atom is -0.368 e. The predicted molar refractivity (Wildman–Crippen MR) is 60.0 cm³/mol. The first-order chi connectivity index (χ1) is 8.27. The van der Waals surface area contributed by atoms with Gasteiger partial charge in [-0.15, -0.1) is 3.89 Å². The van der Waals surface area contributed by atoms with Crippen molar-refractivity contribution in [1.29, 1.82) is 0 Å². The molecule has 2 heterocycles. The third kappa shape index (κ3) is 2.48. The van der Waals surface area contributed by atoms with E-state index in [0.717, 1.165) is 4.90 Å². The average molecular weight is 296 g/mol. The molecule has 1 aromatic heterocycles. The number of halogens is 2. The standard InChI is InChI=1S/C7H7ClFN5O3S/c8-5-11-6(10)13-7(12-5)14-2-3(1-4(14)15)18(9,16)17/h3H,1-2H2,(H2,10,11,12,13). The molecule has 18 heavy (non-hydrogen) atoms. The number of aromatic nitrogens is 3. The van der Waals surface area contributed by atoms with Gasteiger partial charge >= 0.3 is 10.2 Å². The summed E-state index contributed by atoms with van der Waals surface area (Å²) in [7, 11) is -4.79. The Labute approximate surface area is 106 Å². The Bertz CT molecular complexity index is 589. The molecule has 98 valence electrons. The molecule has 11 heteroatoms. The van der Waals surface area contributed by atoms with Gasteiger partial charge in [0.15, 0.2) is 0 Å². The lowest BCUT2D eigenvalue weighted by molar-refractivity contribution is -0.117. The molecule has 2 N–H and O–H groups in total. The fourth-order valence-electron chi connectivity index (χ4n) is 1.53. The van der Waals surface area contributed by atoms with E-state index in [9.17, 15) is 17.1 Å². The van der Waals surface area contributed by atoms with Crippen molar-refractivity contribution in [2.24, 2.45) is 0 Å². The molecule has 0 radical (unpaired) electrons. The van der Waals surface area contributed by atoms with E-state index < -0.39 is 27.8 Å². The van der Waals surface area contributed by atoms with Crippen LogP contribution in [0.25, 0.3) is 0 Å². The summed E-state index contributed by atoms with van der Waals surface area (Å²) in [5, 5.41) is -1.67. The second-order valence-electron chi connectivity index (χ2n) is 3.57. The minimum absolute atomic E-state index is 0.191. The molecule has 8 nitrogen and oxygen atoms in total. The first-order valence-corrected chi connectivity index (χ1v) is 6.50. The fraction of sp³-hybridized carbons (Fsp3) is 0.429. The van der Waals surface area contributed by atoms with Crippen LogP contribution < -0.4 is 10.6 Å². The number of nitrogens with two attached hydrogens (primary N) is 1. The highest BCUT2D eigenvalue weighted by molar-refractivity contribution is 7.87. The predicted octanol–water partition coefficient (Wildman–Crippen LogP) is -0.488. The van der Waals surface area contributed by atoms with Gasteiger partial charge in [-0.25, -0.2) is 0 Å². The zero-order chi connectivity index (χ0) is 13.5. The molecule has 1 aromatic rings. The van der Waals surface area contributed by atoms with Crippen LogP contribution in [0.2, 0.25) is 5.28 Å². The van der Waals surface area contributed by atoms with Crippen molar-refractivity contribution in [1.82, 2.24) is 15.0 Å². The number of amides is 1. The number of carbonyl (C=O) groups excluding carboxylic acids is 1. The summed E-state index contributed by atoms with van der Waals surface area (Å²) in [6.45, 7) is -0.378. The minimum atomic E-state index is -4.79. The summed E-state index contributed by atoms with van der Waals surface area (Å²) >= 11 is 5.53. The number of rotatable bonds is 2. The van der Waals surface area contributed by atoms with Crippen LogP contribution in [0.3, 0.4) is 0 Å². The fourth-order valence-corrected chi connectivity index (χ4v) is 2.36. The molecule has 1 aliphatic rings. The van der Waals surface area contributed by atoms with Gasteiger partial charge in [0.05, 0.1) is 0 Å². The molecule has 1 unspecified atom stereocenters. The summed E-state index contributed by atoms with van der Waals surface area (Å²) in [6, 6.07) is 0. The van der Waals surface area contributed by atoms with Gasteiger partial charge < -0.3 is 5.73 Å². The summed E-state index contributed by atoms with van der Waals surface area (Å²) in [6.07, 6.45) is -0.470. The highest BCUT2D eigenvalue weighted by atomic mass is 35.5. The largest absolute Gasteiger partial charge is 0.368 e. The van der Waals surface area contributed by atoms with E-state index in [1.165, 1.54) is 0 Å². The number of nitrogen functional groups attached to an aromatic ring is 1. The van der Waals surface area contributed by atoms with E-state index in [4.69, 9.17) is 17.3 Å². The summed E-state index contributed by atoms with van der Waals surface area (Å²) < 4.78 is 34.3. The summed E-state index contributed by atoms with van der Waals surface area (Å²) in [4.78, 5) is 23.2. The Hall–Kier alpha value is -1.55. The van der Waals surface area contributed by atoms with Gasteiger partial charge in [0.2, 0.25) is 23.1 Å². The first-order valence-electron chi connectivity index (χ1n) is 4.68. The molecule has 1 aliphatic heterocycles. The molecule has 0 aliphatic carbocycles. The molecule has 0 saturated carbocycles. The first kappa shape index (κ1) is 12.9. The van der Waals surface area contributed by atoms with Crippen molar-refractivity contribution in [3.05, 3.63) is 5.28 Å². The highest BCUT2D eigenvalue weighted by Gasteiger charge is 2.40. The van der Waals surface area contributed by atoms with E-state index in [-0.39, 0.29) is 23.7 Å². The van der Waals surface area contributed by atoms with E-state index >= 15 is 0 Å². The number of nitrogens with zero attached hydrogens (tertiary/aromatic N) is 4. The molecular weight excluding hydrogens is 289 g/mol. The van der Waals surface area contributed by atoms with Crippen molar-refractivity contribution in [2.45, 2.75) is 11.7 Å². The van der Waals surface area contributed by atoms with Crippen LogP contribution in [0.15, 0.2) is 0 Å². The van der Waals surface area contributed by atoms with Gasteiger partial charge in [-0.2, -0.15) is 23.4 Å². The lowest BCUT2D eigenvalue weighted by Crippen LogP contribution is -2.29. The van der Waals surface area contributed by atoms with Gasteiger partial charge in [-0.05, 0) is 11.6 Å². The Morgan fingerprint density at radius 3 is 2.56 bits per heavy atom. The van der Waals surface area contributed by atoms with Gasteiger partial charge in [-0.3, -0.25) is 9.69 Å². The van der Waals surface area contributed by atoms with Crippen LogP contribution in [0.5, 0.6) is 0 Å². The molecule has 0 bridgehead atoms. The zero-order valence-electron chi connectivity index (χ0n) is 8.75. The van der Waals surface area contributed by atoms with Crippen molar-refractivity contribution in [2.75, 3.05) is 17.2 Å². The van der Waals surface area contributed by atoms with Crippen LogP contribution in [0.1, 0.15) is 6.42 Å². The highest BCUT2D eigenvalue weighted by Crippen LogP contribution is 2.24. The summed E-state index contributed by atoms with van der Waals surface area (Å²) in [5.74, 6) is -1.03. The maximum absolute atomic E-state index is 12.8. The lowest BCUT2D eigenvalue weighted by atomic mass is 10.4. The van der Waals surface area contributed by atoms with Crippen molar-refractivity contribution < 1.29 is 17.1 Å². The quantitative estimate of drug-likeness (QED) is 0.731. The number of hydrogen-bond acceptors (Lipinski definition) is 7. The van der Waals surface area contributed by atoms with Crippen LogP contribution in [0, 0.1) is 0 Å². The smallest absolute Gasteiger partial charge is 0.307 e. The molecule has 1 atom stereocenters. The molecule has 1 amide bonds. The van der Waals surface area contributed by atoms with Gasteiger partial charge in [0.1, 0.15) is 5.25 Å². The average Bonchev–Trinajstić information content (AvgIpc) is 2.58. The maximum Gasteiger partial charge on any atom is 0.307 e. The second kappa shape index (κ2) is 4.28. The second-order valence-corrected chi connectivity index (χ2v) is 5.52. The van der Waals surface area contributed by atoms with Gasteiger partial charge in [0.25, 0.3) is 0 Å². The maximum atomic E-state index is 12.8. The lowest BCUT2D eigenvalue weighted by Gasteiger charge is -2.13. The summed E-state index contributed by atoms with van der Waals surface area (Å²) in [5.41, 5.74) is 5.32. The topological polar surface area (TPSA) is 119 Å². The normalized spacial score (nSPS) is 20.4. The SMILES string of the molecule is Nc1nc(Cl)nc(N2CC(S(=O)(=O)F)CC2=O)n1. The van der Waals surface area contributed by atoms with Crippen molar-refractivity contribution in [3.8, 4) is 0 Å². The molecule has 2 rings (SSSR count). The Balaban J connectivity index is 2.32. The van der Waals surface area contributed by atoms with Crippen LogP contribution in [-0.2, 0) is 15.0 Å². The van der Waals surface area contributed by atoms with E-state index in [1.54, 1.807) is 0 Å². The van der Waals surface area contributed by atoms with Gasteiger partial charge in [-0.1, -0.05) is 0 Å².